The summed E-state index contributed by atoms with van der Waals surface area (Å²) in [5.74, 6) is 0.467. The average molecular weight is 223 g/mol. The Bertz CT molecular complexity index is 512. The molecular formula is C12H15ClN2. The predicted octanol–water partition coefficient (Wildman–Crippen LogP) is 3.84. The summed E-state index contributed by atoms with van der Waals surface area (Å²) in [7, 11) is 0. The van der Waals surface area contributed by atoms with E-state index in [0.29, 0.717) is 16.6 Å². The van der Waals surface area contributed by atoms with Crippen LogP contribution in [0.2, 0.25) is 5.02 Å². The Balaban J connectivity index is 2.82. The standard InChI is InChI=1S/C12H15ClN2/c1-6(2)11-7(3)9-4-8(14)5-10(13)12(9)15-11/h4-6,15H,14H2,1-3H3. The molecule has 3 heteroatoms. The first-order valence-electron chi connectivity index (χ1n) is 5.08. The summed E-state index contributed by atoms with van der Waals surface area (Å²) in [5, 5.41) is 1.82. The second-order valence-electron chi connectivity index (χ2n) is 4.24. The molecular weight excluding hydrogens is 208 g/mol. The lowest BCUT2D eigenvalue weighted by Gasteiger charge is -2.02. The highest BCUT2D eigenvalue weighted by molar-refractivity contribution is 6.35. The Hall–Kier alpha value is -1.15. The van der Waals surface area contributed by atoms with Gasteiger partial charge < -0.3 is 10.7 Å². The fourth-order valence-electron chi connectivity index (χ4n) is 2.00. The number of fused-ring (bicyclic) bond motifs is 1. The van der Waals surface area contributed by atoms with Gasteiger partial charge in [-0.05, 0) is 30.5 Å². The maximum atomic E-state index is 6.14. The number of anilines is 1. The smallest absolute Gasteiger partial charge is 0.0667 e. The van der Waals surface area contributed by atoms with Crippen LogP contribution in [-0.4, -0.2) is 4.98 Å². The lowest BCUT2D eigenvalue weighted by molar-refractivity contribution is 0.828. The molecule has 0 amide bonds. The topological polar surface area (TPSA) is 41.8 Å². The highest BCUT2D eigenvalue weighted by atomic mass is 35.5. The van der Waals surface area contributed by atoms with Crippen molar-refractivity contribution in [2.45, 2.75) is 26.7 Å². The molecule has 2 aromatic rings. The highest BCUT2D eigenvalue weighted by Gasteiger charge is 2.12. The number of nitrogen functional groups attached to an aromatic ring is 1. The molecule has 0 aliphatic carbocycles. The van der Waals surface area contributed by atoms with Crippen molar-refractivity contribution in [3.63, 3.8) is 0 Å². The molecule has 0 spiro atoms. The molecule has 80 valence electrons. The van der Waals surface area contributed by atoms with Gasteiger partial charge in [0.05, 0.1) is 10.5 Å². The largest absolute Gasteiger partial charge is 0.399 e. The first-order valence-corrected chi connectivity index (χ1v) is 5.45. The summed E-state index contributed by atoms with van der Waals surface area (Å²) >= 11 is 6.14. The Morgan fingerprint density at radius 2 is 2.00 bits per heavy atom. The fourth-order valence-corrected chi connectivity index (χ4v) is 2.28. The van der Waals surface area contributed by atoms with E-state index >= 15 is 0 Å². The van der Waals surface area contributed by atoms with Crippen molar-refractivity contribution in [3.05, 3.63) is 28.4 Å². The molecule has 2 rings (SSSR count). The zero-order valence-electron chi connectivity index (χ0n) is 9.19. The number of benzene rings is 1. The Kier molecular flexibility index (Phi) is 2.39. The zero-order valence-corrected chi connectivity index (χ0v) is 9.94. The van der Waals surface area contributed by atoms with E-state index in [1.807, 2.05) is 6.07 Å². The number of aryl methyl sites for hydroxylation is 1. The minimum Gasteiger partial charge on any atom is -0.399 e. The van der Waals surface area contributed by atoms with Gasteiger partial charge in [0.2, 0.25) is 0 Å². The monoisotopic (exact) mass is 222 g/mol. The number of hydrogen-bond donors (Lipinski definition) is 2. The van der Waals surface area contributed by atoms with Gasteiger partial charge in [0.15, 0.2) is 0 Å². The normalized spacial score (nSPS) is 11.5. The van der Waals surface area contributed by atoms with Crippen LogP contribution in [0.4, 0.5) is 5.69 Å². The van der Waals surface area contributed by atoms with Gasteiger partial charge in [0, 0.05) is 16.8 Å². The Morgan fingerprint density at radius 1 is 1.33 bits per heavy atom. The van der Waals surface area contributed by atoms with Gasteiger partial charge >= 0.3 is 0 Å². The summed E-state index contributed by atoms with van der Waals surface area (Å²) in [5.41, 5.74) is 9.96. The van der Waals surface area contributed by atoms with E-state index in [1.54, 1.807) is 6.07 Å². The van der Waals surface area contributed by atoms with Crippen molar-refractivity contribution < 1.29 is 0 Å². The summed E-state index contributed by atoms with van der Waals surface area (Å²) in [6.45, 7) is 6.42. The maximum absolute atomic E-state index is 6.14. The van der Waals surface area contributed by atoms with E-state index < -0.39 is 0 Å². The lowest BCUT2D eigenvalue weighted by atomic mass is 10.0. The minimum atomic E-state index is 0.467. The molecule has 0 saturated heterocycles. The van der Waals surface area contributed by atoms with E-state index in [1.165, 1.54) is 11.3 Å². The minimum absolute atomic E-state index is 0.467. The first-order chi connectivity index (χ1) is 7.00. The van der Waals surface area contributed by atoms with Crippen LogP contribution in [0.25, 0.3) is 10.9 Å². The second-order valence-corrected chi connectivity index (χ2v) is 4.65. The molecule has 1 aromatic heterocycles. The van der Waals surface area contributed by atoms with Crippen LogP contribution in [0.15, 0.2) is 12.1 Å². The number of hydrogen-bond acceptors (Lipinski definition) is 1. The molecule has 0 radical (unpaired) electrons. The van der Waals surface area contributed by atoms with Crippen LogP contribution < -0.4 is 5.73 Å². The third kappa shape index (κ3) is 1.59. The number of aromatic nitrogens is 1. The van der Waals surface area contributed by atoms with Crippen LogP contribution in [-0.2, 0) is 0 Å². The van der Waals surface area contributed by atoms with E-state index in [4.69, 9.17) is 17.3 Å². The van der Waals surface area contributed by atoms with E-state index in [2.05, 4.69) is 25.8 Å². The molecule has 3 N–H and O–H groups in total. The van der Waals surface area contributed by atoms with Crippen molar-refractivity contribution >= 4 is 28.2 Å². The molecule has 0 aliphatic rings. The third-order valence-electron chi connectivity index (χ3n) is 2.76. The Labute approximate surface area is 94.4 Å². The lowest BCUT2D eigenvalue weighted by Crippen LogP contribution is -1.89. The summed E-state index contributed by atoms with van der Waals surface area (Å²) < 4.78 is 0. The van der Waals surface area contributed by atoms with Crippen molar-refractivity contribution in [1.29, 1.82) is 0 Å². The van der Waals surface area contributed by atoms with Gasteiger partial charge in [-0.15, -0.1) is 0 Å². The average Bonchev–Trinajstić information content (AvgIpc) is 2.44. The van der Waals surface area contributed by atoms with Gasteiger partial charge in [-0.2, -0.15) is 0 Å². The van der Waals surface area contributed by atoms with Gasteiger partial charge in [0.1, 0.15) is 0 Å². The van der Waals surface area contributed by atoms with Crippen LogP contribution in [0.3, 0.4) is 0 Å². The maximum Gasteiger partial charge on any atom is 0.0667 e. The zero-order chi connectivity index (χ0) is 11.2. The van der Waals surface area contributed by atoms with Crippen LogP contribution in [0.1, 0.15) is 31.0 Å². The molecule has 1 heterocycles. The van der Waals surface area contributed by atoms with Gasteiger partial charge in [0.25, 0.3) is 0 Å². The van der Waals surface area contributed by atoms with Gasteiger partial charge in [-0.3, -0.25) is 0 Å². The van der Waals surface area contributed by atoms with Crippen LogP contribution in [0, 0.1) is 6.92 Å². The van der Waals surface area contributed by atoms with Crippen molar-refractivity contribution in [3.8, 4) is 0 Å². The molecule has 0 aliphatic heterocycles. The SMILES string of the molecule is Cc1c(C(C)C)[nH]c2c(Cl)cc(N)cc12. The molecule has 1 aromatic carbocycles. The molecule has 0 bridgehead atoms. The Morgan fingerprint density at radius 3 is 2.60 bits per heavy atom. The van der Waals surface area contributed by atoms with Gasteiger partial charge in [-0.1, -0.05) is 25.4 Å². The summed E-state index contributed by atoms with van der Waals surface area (Å²) in [6.07, 6.45) is 0. The number of nitrogens with one attached hydrogen (secondary N) is 1. The summed E-state index contributed by atoms with van der Waals surface area (Å²) in [6, 6.07) is 3.75. The van der Waals surface area contributed by atoms with Gasteiger partial charge in [-0.25, -0.2) is 0 Å². The van der Waals surface area contributed by atoms with Crippen LogP contribution >= 0.6 is 11.6 Å². The van der Waals surface area contributed by atoms with Crippen LogP contribution in [0.5, 0.6) is 0 Å². The molecule has 2 nitrogen and oxygen atoms in total. The number of aromatic amines is 1. The van der Waals surface area contributed by atoms with E-state index in [0.717, 1.165) is 10.9 Å². The number of nitrogens with two attached hydrogens (primary N) is 1. The third-order valence-corrected chi connectivity index (χ3v) is 3.06. The van der Waals surface area contributed by atoms with E-state index in [9.17, 15) is 0 Å². The molecule has 0 fully saturated rings. The summed E-state index contributed by atoms with van der Waals surface area (Å²) in [4.78, 5) is 3.37. The quantitative estimate of drug-likeness (QED) is 0.708. The van der Waals surface area contributed by atoms with Crippen molar-refractivity contribution in [1.82, 2.24) is 4.98 Å². The van der Waals surface area contributed by atoms with E-state index in [-0.39, 0.29) is 0 Å². The number of H-pyrrole nitrogens is 1. The second kappa shape index (κ2) is 3.46. The molecule has 0 saturated carbocycles. The molecule has 0 atom stereocenters. The number of halogens is 1. The predicted molar refractivity (Wildman–Crippen MR) is 66.5 cm³/mol. The highest BCUT2D eigenvalue weighted by Crippen LogP contribution is 2.32. The molecule has 0 unspecified atom stereocenters. The van der Waals surface area contributed by atoms with Crippen molar-refractivity contribution in [2.24, 2.45) is 0 Å². The fraction of sp³-hybridized carbons (Fsp3) is 0.333. The van der Waals surface area contributed by atoms with Crippen molar-refractivity contribution in [2.75, 3.05) is 5.73 Å². The first kappa shape index (κ1) is 10.4. The number of rotatable bonds is 1. The molecule has 15 heavy (non-hydrogen) atoms.